The molecule has 0 unspecified atom stereocenters. The van der Waals surface area contributed by atoms with E-state index in [9.17, 15) is 14.4 Å². The SMILES string of the molecule is Cc1c(NC(=O)c2ccc(C(C)(C)C)cc2)cccc1-c1cn(C)c(=O)c(Nc2ccc([C@H]3C(=O)N(C)CCN3C)cc2)n1. The van der Waals surface area contributed by atoms with Crippen LogP contribution in [0.4, 0.5) is 17.2 Å². The van der Waals surface area contributed by atoms with Gasteiger partial charge in [-0.1, -0.05) is 57.2 Å². The van der Waals surface area contributed by atoms with Gasteiger partial charge in [-0.3, -0.25) is 19.3 Å². The van der Waals surface area contributed by atoms with Crippen molar-refractivity contribution in [2.45, 2.75) is 39.2 Å². The summed E-state index contributed by atoms with van der Waals surface area (Å²) in [6, 6.07) is 20.5. The van der Waals surface area contributed by atoms with Gasteiger partial charge in [-0.05, 0) is 66.4 Å². The number of aryl methyl sites for hydroxylation is 1. The molecule has 3 aromatic carbocycles. The number of benzene rings is 3. The van der Waals surface area contributed by atoms with Gasteiger partial charge in [0.2, 0.25) is 5.91 Å². The van der Waals surface area contributed by atoms with Crippen LogP contribution in [-0.4, -0.2) is 58.4 Å². The summed E-state index contributed by atoms with van der Waals surface area (Å²) < 4.78 is 1.49. The van der Waals surface area contributed by atoms with Crippen molar-refractivity contribution in [3.63, 3.8) is 0 Å². The van der Waals surface area contributed by atoms with Crippen LogP contribution in [0.15, 0.2) is 77.7 Å². The van der Waals surface area contributed by atoms with Gasteiger partial charge in [-0.25, -0.2) is 4.98 Å². The fraction of sp³-hybridized carbons (Fsp3) is 0.314. The van der Waals surface area contributed by atoms with E-state index in [2.05, 4.69) is 31.4 Å². The van der Waals surface area contributed by atoms with Crippen LogP contribution in [0.2, 0.25) is 0 Å². The van der Waals surface area contributed by atoms with Crippen molar-refractivity contribution < 1.29 is 9.59 Å². The highest BCUT2D eigenvalue weighted by Crippen LogP contribution is 2.30. The first kappa shape index (κ1) is 30.7. The lowest BCUT2D eigenvalue weighted by Crippen LogP contribution is -2.48. The van der Waals surface area contributed by atoms with E-state index >= 15 is 0 Å². The summed E-state index contributed by atoms with van der Waals surface area (Å²) in [5, 5.41) is 6.20. The Balaban J connectivity index is 1.38. The molecule has 1 aromatic heterocycles. The number of nitrogens with zero attached hydrogens (tertiary/aromatic N) is 4. The van der Waals surface area contributed by atoms with Crippen molar-refractivity contribution in [1.82, 2.24) is 19.4 Å². The molecule has 44 heavy (non-hydrogen) atoms. The smallest absolute Gasteiger partial charge is 0.293 e. The Labute approximate surface area is 258 Å². The molecule has 9 heteroatoms. The second-order valence-corrected chi connectivity index (χ2v) is 12.5. The van der Waals surface area contributed by atoms with E-state index in [1.165, 1.54) is 4.57 Å². The van der Waals surface area contributed by atoms with Crippen LogP contribution in [0.3, 0.4) is 0 Å². The second-order valence-electron chi connectivity index (χ2n) is 12.5. The molecule has 0 aliphatic carbocycles. The van der Waals surface area contributed by atoms with E-state index in [4.69, 9.17) is 4.98 Å². The number of anilines is 3. The molecule has 228 valence electrons. The minimum absolute atomic E-state index is 0.00354. The third-order valence-corrected chi connectivity index (χ3v) is 8.27. The van der Waals surface area contributed by atoms with E-state index in [-0.39, 0.29) is 34.6 Å². The molecule has 1 atom stereocenters. The number of hydrogen-bond donors (Lipinski definition) is 2. The summed E-state index contributed by atoms with van der Waals surface area (Å²) in [5.41, 5.74) is 5.93. The molecule has 1 aliphatic heterocycles. The summed E-state index contributed by atoms with van der Waals surface area (Å²) in [6.45, 7) is 9.85. The van der Waals surface area contributed by atoms with E-state index in [1.54, 1.807) is 18.1 Å². The van der Waals surface area contributed by atoms with Crippen LogP contribution in [0.25, 0.3) is 11.3 Å². The monoisotopic (exact) mass is 592 g/mol. The largest absolute Gasteiger partial charge is 0.343 e. The average molecular weight is 593 g/mol. The van der Waals surface area contributed by atoms with Crippen molar-refractivity contribution in [3.05, 3.63) is 106 Å². The molecule has 4 aromatic rings. The summed E-state index contributed by atoms with van der Waals surface area (Å²) in [4.78, 5) is 47.4. The molecule has 1 aliphatic rings. The molecule has 1 fully saturated rings. The first-order chi connectivity index (χ1) is 20.8. The van der Waals surface area contributed by atoms with Crippen LogP contribution >= 0.6 is 0 Å². The van der Waals surface area contributed by atoms with Gasteiger partial charge in [0, 0.05) is 55.9 Å². The van der Waals surface area contributed by atoms with Crippen LogP contribution in [0.5, 0.6) is 0 Å². The van der Waals surface area contributed by atoms with Gasteiger partial charge in [0.05, 0.1) is 5.69 Å². The van der Waals surface area contributed by atoms with Crippen LogP contribution < -0.4 is 16.2 Å². The zero-order valence-electron chi connectivity index (χ0n) is 26.4. The van der Waals surface area contributed by atoms with Gasteiger partial charge in [0.1, 0.15) is 6.04 Å². The molecule has 2 heterocycles. The van der Waals surface area contributed by atoms with Crippen LogP contribution in [0.1, 0.15) is 53.9 Å². The minimum Gasteiger partial charge on any atom is -0.343 e. The predicted octanol–water partition coefficient (Wildman–Crippen LogP) is 5.49. The van der Waals surface area contributed by atoms with Crippen molar-refractivity contribution in [1.29, 1.82) is 0 Å². The second kappa shape index (κ2) is 12.1. The summed E-state index contributed by atoms with van der Waals surface area (Å²) >= 11 is 0. The average Bonchev–Trinajstić information content (AvgIpc) is 2.99. The Bertz CT molecular complexity index is 1750. The Hall–Kier alpha value is -4.76. The summed E-state index contributed by atoms with van der Waals surface area (Å²) in [5.74, 6) is 0.0451. The van der Waals surface area contributed by atoms with Crippen molar-refractivity contribution in [2.24, 2.45) is 7.05 Å². The Morgan fingerprint density at radius 2 is 1.59 bits per heavy atom. The molecular formula is C35H40N6O3. The van der Waals surface area contributed by atoms with Gasteiger partial charge in [-0.15, -0.1) is 0 Å². The van der Waals surface area contributed by atoms with E-state index in [0.717, 1.165) is 28.8 Å². The maximum absolute atomic E-state index is 13.1. The van der Waals surface area contributed by atoms with Crippen molar-refractivity contribution in [2.75, 3.05) is 37.8 Å². The number of hydrogen-bond acceptors (Lipinski definition) is 6. The molecule has 0 bridgehead atoms. The van der Waals surface area contributed by atoms with E-state index in [0.29, 0.717) is 29.2 Å². The number of carbonyl (C=O) groups is 2. The minimum atomic E-state index is -0.337. The Kier molecular flexibility index (Phi) is 8.43. The summed E-state index contributed by atoms with van der Waals surface area (Å²) in [7, 11) is 5.46. The maximum atomic E-state index is 13.1. The van der Waals surface area contributed by atoms with Gasteiger partial charge in [0.25, 0.3) is 11.5 Å². The normalized spacial score (nSPS) is 15.8. The number of amides is 2. The number of carbonyl (C=O) groups excluding carboxylic acids is 2. The topological polar surface area (TPSA) is 99.6 Å². The molecule has 1 saturated heterocycles. The van der Waals surface area contributed by atoms with E-state index < -0.39 is 0 Å². The third kappa shape index (κ3) is 6.28. The Morgan fingerprint density at radius 3 is 2.25 bits per heavy atom. The molecule has 0 spiro atoms. The number of likely N-dealkylation sites (N-methyl/N-ethyl adjacent to an activating group) is 2. The number of piperazine rings is 1. The highest BCUT2D eigenvalue weighted by molar-refractivity contribution is 6.05. The first-order valence-corrected chi connectivity index (χ1v) is 14.8. The summed E-state index contributed by atoms with van der Waals surface area (Å²) in [6.07, 6.45) is 1.69. The number of nitrogens with one attached hydrogen (secondary N) is 2. The van der Waals surface area contributed by atoms with Crippen LogP contribution in [0, 0.1) is 6.92 Å². The van der Waals surface area contributed by atoms with Gasteiger partial charge in [0.15, 0.2) is 5.82 Å². The van der Waals surface area contributed by atoms with Crippen molar-refractivity contribution >= 4 is 29.0 Å². The fourth-order valence-corrected chi connectivity index (χ4v) is 5.41. The Morgan fingerprint density at radius 1 is 0.909 bits per heavy atom. The highest BCUT2D eigenvalue weighted by Gasteiger charge is 2.31. The first-order valence-electron chi connectivity index (χ1n) is 14.8. The predicted molar refractivity (Wildman–Crippen MR) is 175 cm³/mol. The lowest BCUT2D eigenvalue weighted by Gasteiger charge is -2.37. The molecule has 2 N–H and O–H groups in total. The molecule has 9 nitrogen and oxygen atoms in total. The molecular weight excluding hydrogens is 552 g/mol. The number of rotatable bonds is 6. The molecule has 2 amide bonds. The van der Waals surface area contributed by atoms with Crippen LogP contribution in [-0.2, 0) is 17.3 Å². The zero-order chi connectivity index (χ0) is 31.8. The van der Waals surface area contributed by atoms with E-state index in [1.807, 2.05) is 92.6 Å². The lowest BCUT2D eigenvalue weighted by atomic mass is 9.86. The zero-order valence-corrected chi connectivity index (χ0v) is 26.4. The lowest BCUT2D eigenvalue weighted by molar-refractivity contribution is -0.139. The molecule has 5 rings (SSSR count). The van der Waals surface area contributed by atoms with Gasteiger partial charge in [-0.2, -0.15) is 0 Å². The number of aromatic nitrogens is 2. The quantitative estimate of drug-likeness (QED) is 0.307. The van der Waals surface area contributed by atoms with Gasteiger partial charge < -0.3 is 20.1 Å². The van der Waals surface area contributed by atoms with Gasteiger partial charge >= 0.3 is 0 Å². The molecule has 0 radical (unpaired) electrons. The molecule has 0 saturated carbocycles. The van der Waals surface area contributed by atoms with Crippen molar-refractivity contribution in [3.8, 4) is 11.3 Å². The highest BCUT2D eigenvalue weighted by atomic mass is 16.2. The fourth-order valence-electron chi connectivity index (χ4n) is 5.41. The third-order valence-electron chi connectivity index (χ3n) is 8.27. The maximum Gasteiger partial charge on any atom is 0.293 e. The standard InChI is InChI=1S/C35H40N6O3/c1-22-27(9-8-10-28(22)38-32(42)24-11-15-25(16-12-24)35(2,3)4)29-21-41(7)34(44)31(37-29)36-26-17-13-23(14-18-26)30-33(43)40(6)20-19-39(30)5/h8-18,21,30H,19-20H2,1-7H3,(H,36,37)(H,38,42)/t30-/m0/s1.